The molecule has 1 aromatic carbocycles. The Bertz CT molecular complexity index is 510. The Morgan fingerprint density at radius 2 is 2.05 bits per heavy atom. The van der Waals surface area contributed by atoms with Gasteiger partial charge in [0.1, 0.15) is 18.2 Å². The largest absolute Gasteiger partial charge is 0.444 e. The molecule has 1 fully saturated rings. The normalized spacial score (nSPS) is 18.7. The highest BCUT2D eigenvalue weighted by atomic mass is 16.7. The zero-order valence-corrected chi connectivity index (χ0v) is 12.5. The summed E-state index contributed by atoms with van der Waals surface area (Å²) in [5, 5.41) is 3.78. The average molecular weight is 292 g/mol. The third-order valence-corrected chi connectivity index (χ3v) is 2.80. The molecule has 0 spiro atoms. The molecule has 21 heavy (non-hydrogen) atoms. The number of carbonyl (C=O) groups is 2. The van der Waals surface area contributed by atoms with Crippen molar-refractivity contribution in [1.29, 1.82) is 0 Å². The molecule has 2 amide bonds. The number of benzene rings is 1. The van der Waals surface area contributed by atoms with Gasteiger partial charge in [-0.25, -0.2) is 9.86 Å². The molecule has 0 aliphatic carbocycles. The van der Waals surface area contributed by atoms with Crippen molar-refractivity contribution in [2.45, 2.75) is 39.0 Å². The summed E-state index contributed by atoms with van der Waals surface area (Å²) in [4.78, 5) is 29.1. The van der Waals surface area contributed by atoms with E-state index >= 15 is 0 Å². The third kappa shape index (κ3) is 4.46. The molecule has 1 aromatic rings. The molecule has 0 saturated carbocycles. The van der Waals surface area contributed by atoms with Gasteiger partial charge in [0.15, 0.2) is 0 Å². The number of ether oxygens (including phenoxy) is 1. The number of hydrogen-bond acceptors (Lipinski definition) is 4. The average Bonchev–Trinajstić information content (AvgIpc) is 2.70. The highest BCUT2D eigenvalue weighted by Gasteiger charge is 2.35. The molecule has 1 atom stereocenters. The molecule has 114 valence electrons. The molecule has 1 N–H and O–H groups in total. The van der Waals surface area contributed by atoms with Gasteiger partial charge in [0.2, 0.25) is 0 Å². The standard InChI is InChI=1S/C15H20N2O4/c1-15(2,3)21-14(19)16-12-10-20-17(13(12)18)9-11-7-5-4-6-8-11/h4-8,12H,9-10H2,1-3H3,(H,16,19)/t12-/m1/s1. The second-order valence-corrected chi connectivity index (χ2v) is 5.86. The quantitative estimate of drug-likeness (QED) is 0.923. The van der Waals surface area contributed by atoms with Crippen molar-refractivity contribution < 1.29 is 19.2 Å². The molecule has 0 radical (unpaired) electrons. The molecule has 1 aliphatic rings. The second-order valence-electron chi connectivity index (χ2n) is 5.86. The lowest BCUT2D eigenvalue weighted by molar-refractivity contribution is -0.164. The maximum Gasteiger partial charge on any atom is 0.408 e. The maximum absolute atomic E-state index is 12.1. The molecular formula is C15H20N2O4. The fourth-order valence-corrected chi connectivity index (χ4v) is 1.90. The minimum Gasteiger partial charge on any atom is -0.444 e. The minimum atomic E-state index is -0.705. The van der Waals surface area contributed by atoms with Gasteiger partial charge in [0, 0.05) is 0 Å². The predicted octanol–water partition coefficient (Wildman–Crippen LogP) is 1.85. The molecular weight excluding hydrogens is 272 g/mol. The van der Waals surface area contributed by atoms with Gasteiger partial charge in [0.25, 0.3) is 5.91 Å². The van der Waals surface area contributed by atoms with Crippen molar-refractivity contribution in [3.63, 3.8) is 0 Å². The fraction of sp³-hybridized carbons (Fsp3) is 0.467. The van der Waals surface area contributed by atoms with Crippen molar-refractivity contribution in [2.75, 3.05) is 6.61 Å². The van der Waals surface area contributed by atoms with E-state index in [4.69, 9.17) is 9.57 Å². The fourth-order valence-electron chi connectivity index (χ4n) is 1.90. The molecule has 0 unspecified atom stereocenters. The van der Waals surface area contributed by atoms with E-state index in [-0.39, 0.29) is 12.5 Å². The van der Waals surface area contributed by atoms with Crippen LogP contribution in [0.3, 0.4) is 0 Å². The summed E-state index contributed by atoms with van der Waals surface area (Å²) in [5.74, 6) is -0.273. The minimum absolute atomic E-state index is 0.116. The third-order valence-electron chi connectivity index (χ3n) is 2.80. The van der Waals surface area contributed by atoms with Crippen molar-refractivity contribution in [2.24, 2.45) is 0 Å². The molecule has 6 heteroatoms. The van der Waals surface area contributed by atoms with Gasteiger partial charge in [-0.3, -0.25) is 9.63 Å². The molecule has 6 nitrogen and oxygen atoms in total. The summed E-state index contributed by atoms with van der Waals surface area (Å²) >= 11 is 0. The van der Waals surface area contributed by atoms with Gasteiger partial charge in [-0.1, -0.05) is 30.3 Å². The highest BCUT2D eigenvalue weighted by Crippen LogP contribution is 2.14. The number of nitrogens with zero attached hydrogens (tertiary/aromatic N) is 1. The van der Waals surface area contributed by atoms with Crippen LogP contribution in [0.5, 0.6) is 0 Å². The van der Waals surface area contributed by atoms with E-state index in [1.807, 2.05) is 30.3 Å². The van der Waals surface area contributed by atoms with Crippen LogP contribution in [0, 0.1) is 0 Å². The van der Waals surface area contributed by atoms with Crippen LogP contribution in [-0.4, -0.2) is 35.3 Å². The number of hydrogen-bond donors (Lipinski definition) is 1. The lowest BCUT2D eigenvalue weighted by Gasteiger charge is -2.20. The number of alkyl carbamates (subject to hydrolysis) is 1. The van der Waals surface area contributed by atoms with Gasteiger partial charge in [-0.15, -0.1) is 0 Å². The Labute approximate surface area is 124 Å². The lowest BCUT2D eigenvalue weighted by atomic mass is 10.2. The Morgan fingerprint density at radius 1 is 1.38 bits per heavy atom. The SMILES string of the molecule is CC(C)(C)OC(=O)N[C@@H]1CON(Cc2ccccc2)C1=O. The van der Waals surface area contributed by atoms with Gasteiger partial charge in [0.05, 0.1) is 6.54 Å². The van der Waals surface area contributed by atoms with Crippen molar-refractivity contribution in [1.82, 2.24) is 10.4 Å². The number of rotatable bonds is 3. The summed E-state index contributed by atoms with van der Waals surface area (Å²) in [6.45, 7) is 5.76. The van der Waals surface area contributed by atoms with Crippen molar-refractivity contribution in [3.05, 3.63) is 35.9 Å². The first-order chi connectivity index (χ1) is 9.85. The summed E-state index contributed by atoms with van der Waals surface area (Å²) in [6.07, 6.45) is -0.619. The summed E-state index contributed by atoms with van der Waals surface area (Å²) in [5.41, 5.74) is 0.361. The van der Waals surface area contributed by atoms with E-state index in [1.54, 1.807) is 20.8 Å². The molecule has 2 rings (SSSR count). The number of hydroxylamine groups is 2. The van der Waals surface area contributed by atoms with Crippen LogP contribution in [0.2, 0.25) is 0 Å². The topological polar surface area (TPSA) is 67.9 Å². The first-order valence-electron chi connectivity index (χ1n) is 6.83. The van der Waals surface area contributed by atoms with E-state index in [9.17, 15) is 9.59 Å². The summed E-state index contributed by atoms with van der Waals surface area (Å²) in [7, 11) is 0. The molecule has 0 bridgehead atoms. The van der Waals surface area contributed by atoms with Crippen LogP contribution >= 0.6 is 0 Å². The van der Waals surface area contributed by atoms with E-state index < -0.39 is 17.7 Å². The first-order valence-corrected chi connectivity index (χ1v) is 6.83. The highest BCUT2D eigenvalue weighted by molar-refractivity contribution is 5.86. The number of nitrogens with one attached hydrogen (secondary N) is 1. The molecule has 1 heterocycles. The Balaban J connectivity index is 1.88. The van der Waals surface area contributed by atoms with E-state index in [0.29, 0.717) is 6.54 Å². The van der Waals surface area contributed by atoms with Gasteiger partial charge in [-0.05, 0) is 26.3 Å². The van der Waals surface area contributed by atoms with Crippen molar-refractivity contribution in [3.8, 4) is 0 Å². The zero-order valence-electron chi connectivity index (χ0n) is 12.5. The van der Waals surface area contributed by atoms with Gasteiger partial charge >= 0.3 is 6.09 Å². The Hall–Kier alpha value is -2.08. The molecule has 1 saturated heterocycles. The van der Waals surface area contributed by atoms with Crippen LogP contribution in [-0.2, 0) is 20.9 Å². The van der Waals surface area contributed by atoms with Crippen LogP contribution in [0.1, 0.15) is 26.3 Å². The van der Waals surface area contributed by atoms with E-state index in [1.165, 1.54) is 5.06 Å². The maximum atomic E-state index is 12.1. The monoisotopic (exact) mass is 292 g/mol. The predicted molar refractivity (Wildman–Crippen MR) is 76.1 cm³/mol. The second kappa shape index (κ2) is 6.13. The Kier molecular flexibility index (Phi) is 4.47. The molecule has 0 aromatic heterocycles. The van der Waals surface area contributed by atoms with Gasteiger partial charge in [-0.2, -0.15) is 0 Å². The first kappa shape index (κ1) is 15.3. The Morgan fingerprint density at radius 3 is 2.67 bits per heavy atom. The van der Waals surface area contributed by atoms with E-state index in [0.717, 1.165) is 5.56 Å². The smallest absolute Gasteiger partial charge is 0.408 e. The lowest BCUT2D eigenvalue weighted by Crippen LogP contribution is -2.44. The van der Waals surface area contributed by atoms with E-state index in [2.05, 4.69) is 5.32 Å². The van der Waals surface area contributed by atoms with Crippen LogP contribution in [0.4, 0.5) is 4.79 Å². The van der Waals surface area contributed by atoms with Crippen LogP contribution < -0.4 is 5.32 Å². The number of carbonyl (C=O) groups excluding carboxylic acids is 2. The van der Waals surface area contributed by atoms with Crippen LogP contribution in [0.25, 0.3) is 0 Å². The molecule has 1 aliphatic heterocycles. The van der Waals surface area contributed by atoms with Crippen LogP contribution in [0.15, 0.2) is 30.3 Å². The van der Waals surface area contributed by atoms with Crippen molar-refractivity contribution >= 4 is 12.0 Å². The zero-order chi connectivity index (χ0) is 15.5. The number of amides is 2. The summed E-state index contributed by atoms with van der Waals surface area (Å²) < 4.78 is 5.13. The summed E-state index contributed by atoms with van der Waals surface area (Å²) in [6, 6.07) is 8.81. The van der Waals surface area contributed by atoms with Gasteiger partial charge < -0.3 is 10.1 Å².